The number of hydrogen-bond acceptors (Lipinski definition) is 6. The number of carbonyl (C=O) groups is 4. The predicted molar refractivity (Wildman–Crippen MR) is 128 cm³/mol. The topological polar surface area (TPSA) is 166 Å². The molecular formula is C22H31N5O5S. The van der Waals surface area contributed by atoms with Crippen LogP contribution in [0.15, 0.2) is 30.5 Å². The molecule has 0 saturated carbocycles. The van der Waals surface area contributed by atoms with Crippen LogP contribution in [0.5, 0.6) is 0 Å². The van der Waals surface area contributed by atoms with Gasteiger partial charge in [-0.15, -0.1) is 0 Å². The number of carbonyl (C=O) groups excluding carboxylic acids is 3. The van der Waals surface area contributed by atoms with Gasteiger partial charge >= 0.3 is 5.97 Å². The Morgan fingerprint density at radius 3 is 2.27 bits per heavy atom. The smallest absolute Gasteiger partial charge is 0.326 e. The summed E-state index contributed by atoms with van der Waals surface area (Å²) >= 11 is 4.13. The van der Waals surface area contributed by atoms with E-state index < -0.39 is 41.8 Å². The Labute approximate surface area is 197 Å². The molecule has 3 unspecified atom stereocenters. The Kier molecular flexibility index (Phi) is 9.74. The van der Waals surface area contributed by atoms with E-state index in [1.807, 2.05) is 38.1 Å². The third-order valence-corrected chi connectivity index (χ3v) is 5.44. The first-order valence-corrected chi connectivity index (χ1v) is 11.3. The van der Waals surface area contributed by atoms with Crippen molar-refractivity contribution in [3.05, 3.63) is 36.0 Å². The van der Waals surface area contributed by atoms with Crippen molar-refractivity contribution in [1.29, 1.82) is 0 Å². The van der Waals surface area contributed by atoms with E-state index in [-0.39, 0.29) is 31.1 Å². The standard InChI is InChI=1S/C22H31N5O5S/c1-12(2)7-17(22(31)32)26-21(30)18(11-33)27-20(29)16(25-19(28)9-23)8-13-10-24-15-6-4-3-5-14(13)15/h3-6,10,12,16-18,24,33H,7-9,11,23H2,1-2H3,(H,25,28)(H,26,30)(H,27,29)(H,31,32). The molecule has 33 heavy (non-hydrogen) atoms. The maximum atomic E-state index is 13.0. The van der Waals surface area contributed by atoms with E-state index in [4.69, 9.17) is 5.73 Å². The summed E-state index contributed by atoms with van der Waals surface area (Å²) in [4.78, 5) is 52.2. The van der Waals surface area contributed by atoms with E-state index in [1.54, 1.807) is 6.20 Å². The monoisotopic (exact) mass is 477 g/mol. The molecule has 0 bridgehead atoms. The van der Waals surface area contributed by atoms with E-state index in [9.17, 15) is 24.3 Å². The van der Waals surface area contributed by atoms with Crippen molar-refractivity contribution in [2.75, 3.05) is 12.3 Å². The number of H-pyrrole nitrogens is 1. The van der Waals surface area contributed by atoms with Gasteiger partial charge in [-0.3, -0.25) is 14.4 Å². The zero-order chi connectivity index (χ0) is 24.5. The molecule has 0 radical (unpaired) electrons. The fourth-order valence-electron chi connectivity index (χ4n) is 3.41. The minimum Gasteiger partial charge on any atom is -0.480 e. The van der Waals surface area contributed by atoms with Gasteiger partial charge < -0.3 is 31.8 Å². The molecular weight excluding hydrogens is 446 g/mol. The largest absolute Gasteiger partial charge is 0.480 e. The van der Waals surface area contributed by atoms with Gasteiger partial charge in [-0.2, -0.15) is 12.6 Å². The lowest BCUT2D eigenvalue weighted by Crippen LogP contribution is -2.57. The van der Waals surface area contributed by atoms with Crippen LogP contribution in [0.1, 0.15) is 25.8 Å². The number of aromatic nitrogens is 1. The summed E-state index contributed by atoms with van der Waals surface area (Å²) in [5.74, 6) is -2.97. The zero-order valence-corrected chi connectivity index (χ0v) is 19.5. The SMILES string of the molecule is CC(C)CC(NC(=O)C(CS)NC(=O)C(Cc1c[nH]c2ccccc12)NC(=O)CN)C(=O)O. The molecule has 180 valence electrons. The van der Waals surface area contributed by atoms with Crippen LogP contribution in [0.2, 0.25) is 0 Å². The number of aromatic amines is 1. The molecule has 2 rings (SSSR count). The number of aliphatic carboxylic acids is 1. The lowest BCUT2D eigenvalue weighted by Gasteiger charge is -2.24. The summed E-state index contributed by atoms with van der Waals surface area (Å²) < 4.78 is 0. The maximum Gasteiger partial charge on any atom is 0.326 e. The molecule has 3 amide bonds. The van der Waals surface area contributed by atoms with Crippen molar-refractivity contribution >= 4 is 47.2 Å². The van der Waals surface area contributed by atoms with Gasteiger partial charge in [-0.05, 0) is 24.0 Å². The molecule has 0 aliphatic carbocycles. The maximum absolute atomic E-state index is 13.0. The molecule has 0 fully saturated rings. The molecule has 1 aromatic heterocycles. The van der Waals surface area contributed by atoms with Crippen molar-refractivity contribution in [1.82, 2.24) is 20.9 Å². The number of nitrogens with one attached hydrogen (secondary N) is 4. The predicted octanol–water partition coefficient (Wildman–Crippen LogP) is 0.184. The lowest BCUT2D eigenvalue weighted by atomic mass is 10.0. The Balaban J connectivity index is 2.16. The van der Waals surface area contributed by atoms with Crippen molar-refractivity contribution < 1.29 is 24.3 Å². The number of benzene rings is 1. The summed E-state index contributed by atoms with van der Waals surface area (Å²) in [6.07, 6.45) is 2.16. The van der Waals surface area contributed by atoms with Crippen molar-refractivity contribution in [2.24, 2.45) is 11.7 Å². The zero-order valence-electron chi connectivity index (χ0n) is 18.6. The van der Waals surface area contributed by atoms with Gasteiger partial charge in [0.15, 0.2) is 0 Å². The molecule has 0 spiro atoms. The number of nitrogens with two attached hydrogens (primary N) is 1. The fourth-order valence-corrected chi connectivity index (χ4v) is 3.67. The summed E-state index contributed by atoms with van der Waals surface area (Å²) in [6, 6.07) is 4.36. The van der Waals surface area contributed by atoms with Crippen LogP contribution in [-0.4, -0.2) is 64.2 Å². The molecule has 2 aromatic rings. The van der Waals surface area contributed by atoms with E-state index in [0.29, 0.717) is 0 Å². The van der Waals surface area contributed by atoms with Crippen LogP contribution < -0.4 is 21.7 Å². The lowest BCUT2D eigenvalue weighted by molar-refractivity contribution is -0.142. The van der Waals surface area contributed by atoms with Gasteiger partial charge in [0.25, 0.3) is 0 Å². The molecule has 11 heteroatoms. The molecule has 10 nitrogen and oxygen atoms in total. The average molecular weight is 478 g/mol. The third-order valence-electron chi connectivity index (χ3n) is 5.07. The quantitative estimate of drug-likeness (QED) is 0.215. The minimum absolute atomic E-state index is 0.0440. The number of thiol groups is 1. The summed E-state index contributed by atoms with van der Waals surface area (Å²) in [6.45, 7) is 3.38. The number of carboxylic acids is 1. The first kappa shape index (κ1) is 26.2. The first-order valence-electron chi connectivity index (χ1n) is 10.6. The molecule has 1 heterocycles. The highest BCUT2D eigenvalue weighted by atomic mass is 32.1. The summed E-state index contributed by atoms with van der Waals surface area (Å²) in [5.41, 5.74) is 7.09. The highest BCUT2D eigenvalue weighted by Gasteiger charge is 2.29. The average Bonchev–Trinajstić information content (AvgIpc) is 3.18. The molecule has 3 atom stereocenters. The van der Waals surface area contributed by atoms with Crippen LogP contribution >= 0.6 is 12.6 Å². The van der Waals surface area contributed by atoms with Gasteiger partial charge in [-0.1, -0.05) is 32.0 Å². The second kappa shape index (κ2) is 12.3. The van der Waals surface area contributed by atoms with Crippen LogP contribution in [0.3, 0.4) is 0 Å². The number of rotatable bonds is 12. The fraction of sp³-hybridized carbons (Fsp3) is 0.455. The Hall–Kier alpha value is -3.05. The number of carboxylic acid groups (broad SMARTS) is 1. The van der Waals surface area contributed by atoms with E-state index >= 15 is 0 Å². The van der Waals surface area contributed by atoms with Crippen molar-refractivity contribution in [3.8, 4) is 0 Å². The minimum atomic E-state index is -1.16. The Morgan fingerprint density at radius 2 is 1.67 bits per heavy atom. The van der Waals surface area contributed by atoms with Crippen molar-refractivity contribution in [2.45, 2.75) is 44.8 Å². The second-order valence-electron chi connectivity index (χ2n) is 8.16. The van der Waals surface area contributed by atoms with Gasteiger partial charge in [0.2, 0.25) is 17.7 Å². The highest BCUT2D eigenvalue weighted by molar-refractivity contribution is 7.80. The van der Waals surface area contributed by atoms with E-state index in [1.165, 1.54) is 0 Å². The number of fused-ring (bicyclic) bond motifs is 1. The second-order valence-corrected chi connectivity index (χ2v) is 8.53. The summed E-state index contributed by atoms with van der Waals surface area (Å²) in [7, 11) is 0. The van der Waals surface area contributed by atoms with Crippen LogP contribution in [0.4, 0.5) is 0 Å². The first-order chi connectivity index (χ1) is 15.7. The van der Waals surface area contributed by atoms with Gasteiger partial charge in [0, 0.05) is 29.3 Å². The van der Waals surface area contributed by atoms with Gasteiger partial charge in [-0.25, -0.2) is 4.79 Å². The van der Waals surface area contributed by atoms with Crippen LogP contribution in [0, 0.1) is 5.92 Å². The molecule has 0 saturated heterocycles. The van der Waals surface area contributed by atoms with E-state index in [0.717, 1.165) is 16.5 Å². The molecule has 1 aromatic carbocycles. The van der Waals surface area contributed by atoms with Gasteiger partial charge in [0.1, 0.15) is 18.1 Å². The van der Waals surface area contributed by atoms with Gasteiger partial charge in [0.05, 0.1) is 6.54 Å². The molecule has 7 N–H and O–H groups in total. The number of amides is 3. The number of hydrogen-bond donors (Lipinski definition) is 7. The third kappa shape index (κ3) is 7.50. The van der Waals surface area contributed by atoms with E-state index in [2.05, 4.69) is 33.6 Å². The Morgan fingerprint density at radius 1 is 1.03 bits per heavy atom. The van der Waals surface area contributed by atoms with Crippen LogP contribution in [-0.2, 0) is 25.6 Å². The summed E-state index contributed by atoms with van der Waals surface area (Å²) in [5, 5.41) is 17.9. The number of para-hydroxylation sites is 1. The highest BCUT2D eigenvalue weighted by Crippen LogP contribution is 2.19. The van der Waals surface area contributed by atoms with Crippen LogP contribution in [0.25, 0.3) is 10.9 Å². The molecule has 0 aliphatic heterocycles. The van der Waals surface area contributed by atoms with Crippen molar-refractivity contribution in [3.63, 3.8) is 0 Å². The Bertz CT molecular complexity index is 992. The molecule has 0 aliphatic rings. The normalized spacial score (nSPS) is 13.8.